The number of para-hydroxylation sites is 5. The molecular weight excluding hydrogens is 682 g/mol. The van der Waals surface area contributed by atoms with Crippen molar-refractivity contribution in [3.05, 3.63) is 221 Å². The summed E-state index contributed by atoms with van der Waals surface area (Å²) in [6, 6.07) is 68.9. The van der Waals surface area contributed by atoms with E-state index in [4.69, 9.17) is 16.3 Å². The predicted octanol–water partition coefficient (Wildman–Crippen LogP) is 13.9. The molecule has 0 aliphatic carbocycles. The molecule has 0 radical (unpaired) electrons. The lowest BCUT2D eigenvalue weighted by molar-refractivity contribution is 0.434. The summed E-state index contributed by atoms with van der Waals surface area (Å²) in [5.74, 6) is 1.70. The Morgan fingerprint density at radius 3 is 1.48 bits per heavy atom. The monoisotopic (exact) mass is 713 g/mol. The summed E-state index contributed by atoms with van der Waals surface area (Å²) in [4.78, 5) is 6.98. The molecule has 8 aromatic carbocycles. The summed E-state index contributed by atoms with van der Waals surface area (Å²) < 4.78 is 6.67. The first kappa shape index (κ1) is 30.8. The van der Waals surface area contributed by atoms with Crippen LogP contribution in [0.15, 0.2) is 194 Å². The lowest BCUT2D eigenvalue weighted by Crippen LogP contribution is -2.39. The zero-order chi connectivity index (χ0) is 35.8. The van der Waals surface area contributed by atoms with E-state index in [2.05, 4.69) is 203 Å². The molecule has 3 aliphatic rings. The second kappa shape index (κ2) is 11.9. The standard InChI is InChI=1S/C49H32ClN3O/c50-48-43-25-14-26-44(48)53-42-24-10-7-21-38(42)49(40-22-8-11-27-46(40)54-47-28-12-9-23-41(47)49)39-30-29-37(32-45(39)53)51(33-15-3-1-4-16-33)35-19-13-20-36(31-35)52(43)34-17-5-2-6-18-34/h1-32H. The van der Waals surface area contributed by atoms with E-state index in [0.29, 0.717) is 5.02 Å². The van der Waals surface area contributed by atoms with Crippen LogP contribution in [0.1, 0.15) is 22.3 Å². The fourth-order valence-electron chi connectivity index (χ4n) is 8.91. The Labute approximate surface area is 319 Å². The first-order valence-corrected chi connectivity index (χ1v) is 18.6. The van der Waals surface area contributed by atoms with Crippen LogP contribution in [-0.2, 0) is 5.41 Å². The van der Waals surface area contributed by atoms with Gasteiger partial charge >= 0.3 is 0 Å². The molecule has 11 rings (SSSR count). The highest BCUT2D eigenvalue weighted by Crippen LogP contribution is 2.64. The zero-order valence-corrected chi connectivity index (χ0v) is 29.9. The van der Waals surface area contributed by atoms with E-state index in [1.54, 1.807) is 0 Å². The minimum Gasteiger partial charge on any atom is -0.457 e. The van der Waals surface area contributed by atoms with E-state index in [1.807, 2.05) is 6.07 Å². The number of hydrogen-bond donors (Lipinski definition) is 0. The van der Waals surface area contributed by atoms with E-state index < -0.39 is 5.41 Å². The summed E-state index contributed by atoms with van der Waals surface area (Å²) in [6.45, 7) is 0. The van der Waals surface area contributed by atoms with E-state index >= 15 is 0 Å². The van der Waals surface area contributed by atoms with Crippen LogP contribution in [0.5, 0.6) is 11.5 Å². The van der Waals surface area contributed by atoms with Gasteiger partial charge in [-0.3, -0.25) is 0 Å². The first-order chi connectivity index (χ1) is 26.7. The molecule has 0 aromatic heterocycles. The third kappa shape index (κ3) is 4.32. The number of benzene rings is 8. The maximum atomic E-state index is 7.77. The topological polar surface area (TPSA) is 19.0 Å². The molecule has 54 heavy (non-hydrogen) atoms. The van der Waals surface area contributed by atoms with Gasteiger partial charge in [-0.2, -0.15) is 0 Å². The number of fused-ring (bicyclic) bond motifs is 14. The molecule has 0 saturated carbocycles. The molecular formula is C49H32ClN3O. The van der Waals surface area contributed by atoms with E-state index in [9.17, 15) is 0 Å². The Kier molecular flexibility index (Phi) is 6.79. The maximum Gasteiger partial charge on any atom is 0.132 e. The number of anilines is 9. The third-order valence-electron chi connectivity index (χ3n) is 11.1. The SMILES string of the molecule is Clc1c2cccc1N1c3ccccc3C3(c4ccccc4Oc4ccccc43)c3ccc(cc31)N(c1ccccc1)c1cccc(c1)N2c1ccccc1. The molecule has 0 saturated heterocycles. The van der Waals surface area contributed by atoms with Crippen molar-refractivity contribution in [3.8, 4) is 11.5 Å². The number of hydrogen-bond acceptors (Lipinski definition) is 4. The van der Waals surface area contributed by atoms with Crippen molar-refractivity contribution >= 4 is 62.8 Å². The second-order valence-electron chi connectivity index (χ2n) is 13.9. The molecule has 0 N–H and O–H groups in total. The molecule has 0 atom stereocenters. The van der Waals surface area contributed by atoms with Gasteiger partial charge in [0.05, 0.1) is 33.2 Å². The highest BCUT2D eigenvalue weighted by Gasteiger charge is 2.51. The van der Waals surface area contributed by atoms with Crippen LogP contribution in [-0.4, -0.2) is 0 Å². The molecule has 1 spiro atoms. The highest BCUT2D eigenvalue weighted by atomic mass is 35.5. The number of halogens is 1. The largest absolute Gasteiger partial charge is 0.457 e. The van der Waals surface area contributed by atoms with Crippen molar-refractivity contribution in [2.75, 3.05) is 14.7 Å². The molecule has 5 heteroatoms. The van der Waals surface area contributed by atoms with Crippen LogP contribution in [0.2, 0.25) is 5.02 Å². The van der Waals surface area contributed by atoms with Gasteiger partial charge in [0.25, 0.3) is 0 Å². The van der Waals surface area contributed by atoms with Crippen molar-refractivity contribution in [1.29, 1.82) is 0 Å². The van der Waals surface area contributed by atoms with Gasteiger partial charge in [0.1, 0.15) is 11.5 Å². The molecule has 0 unspecified atom stereocenters. The van der Waals surface area contributed by atoms with Crippen LogP contribution < -0.4 is 19.4 Å². The molecule has 3 heterocycles. The van der Waals surface area contributed by atoms with Gasteiger partial charge in [-0.05, 0) is 96.1 Å². The van der Waals surface area contributed by atoms with Gasteiger partial charge in [0, 0.05) is 39.6 Å². The summed E-state index contributed by atoms with van der Waals surface area (Å²) in [5, 5.41) is 0.655. The van der Waals surface area contributed by atoms with Crippen molar-refractivity contribution in [2.24, 2.45) is 0 Å². The summed E-state index contributed by atoms with van der Waals surface area (Å²) in [5.41, 5.74) is 12.9. The molecule has 0 fully saturated rings. The maximum absolute atomic E-state index is 7.77. The lowest BCUT2D eigenvalue weighted by atomic mass is 9.61. The number of nitrogens with zero attached hydrogens (tertiary/aromatic N) is 3. The second-order valence-corrected chi connectivity index (χ2v) is 14.2. The van der Waals surface area contributed by atoms with Gasteiger partial charge in [-0.25, -0.2) is 0 Å². The Balaban J connectivity index is 1.30. The number of rotatable bonds is 2. The Morgan fingerprint density at radius 2 is 0.796 bits per heavy atom. The van der Waals surface area contributed by atoms with E-state index in [1.165, 1.54) is 0 Å². The fraction of sp³-hybridized carbons (Fsp3) is 0.0204. The molecule has 8 aromatic rings. The summed E-state index contributed by atoms with van der Waals surface area (Å²) in [6.07, 6.45) is 0. The zero-order valence-electron chi connectivity index (χ0n) is 29.1. The Bertz CT molecular complexity index is 2700. The average molecular weight is 714 g/mol. The molecule has 3 aliphatic heterocycles. The minimum atomic E-state index is -0.679. The van der Waals surface area contributed by atoms with E-state index in [-0.39, 0.29) is 0 Å². The fourth-order valence-corrected chi connectivity index (χ4v) is 9.20. The average Bonchev–Trinajstić information content (AvgIpc) is 3.23. The molecule has 256 valence electrons. The highest BCUT2D eigenvalue weighted by molar-refractivity contribution is 6.36. The van der Waals surface area contributed by atoms with Gasteiger partial charge in [-0.15, -0.1) is 0 Å². The van der Waals surface area contributed by atoms with Gasteiger partial charge in [-0.1, -0.05) is 121 Å². The van der Waals surface area contributed by atoms with Gasteiger partial charge in [0.2, 0.25) is 0 Å². The summed E-state index contributed by atoms with van der Waals surface area (Å²) >= 11 is 7.77. The van der Waals surface area contributed by atoms with Crippen LogP contribution in [0.25, 0.3) is 0 Å². The molecule has 4 nitrogen and oxygen atoms in total. The van der Waals surface area contributed by atoms with Crippen LogP contribution in [0.4, 0.5) is 51.2 Å². The Morgan fingerprint density at radius 1 is 0.333 bits per heavy atom. The quantitative estimate of drug-likeness (QED) is 0.177. The number of ether oxygens (including phenoxy) is 1. The normalized spacial score (nSPS) is 14.2. The van der Waals surface area contributed by atoms with E-state index in [0.717, 1.165) is 84.9 Å². The van der Waals surface area contributed by atoms with Crippen molar-refractivity contribution in [1.82, 2.24) is 0 Å². The Hall–Kier alpha value is -6.75. The minimum absolute atomic E-state index is 0.655. The first-order valence-electron chi connectivity index (χ1n) is 18.2. The summed E-state index contributed by atoms with van der Waals surface area (Å²) in [7, 11) is 0. The van der Waals surface area contributed by atoms with Crippen molar-refractivity contribution < 1.29 is 4.74 Å². The van der Waals surface area contributed by atoms with Crippen LogP contribution in [0.3, 0.4) is 0 Å². The van der Waals surface area contributed by atoms with Crippen LogP contribution >= 0.6 is 11.6 Å². The van der Waals surface area contributed by atoms with Crippen molar-refractivity contribution in [2.45, 2.75) is 5.41 Å². The van der Waals surface area contributed by atoms with Crippen molar-refractivity contribution in [3.63, 3.8) is 0 Å². The molecule has 0 amide bonds. The van der Waals surface area contributed by atoms with Gasteiger partial charge in [0.15, 0.2) is 0 Å². The molecule has 6 bridgehead atoms. The third-order valence-corrected chi connectivity index (χ3v) is 11.4. The predicted molar refractivity (Wildman–Crippen MR) is 221 cm³/mol. The smallest absolute Gasteiger partial charge is 0.132 e. The van der Waals surface area contributed by atoms with Gasteiger partial charge < -0.3 is 19.4 Å². The van der Waals surface area contributed by atoms with Crippen LogP contribution in [0, 0.1) is 0 Å². The lowest BCUT2D eigenvalue weighted by Gasteiger charge is -2.49.